The van der Waals surface area contributed by atoms with Gasteiger partial charge < -0.3 is 0 Å². The molecule has 0 amide bonds. The normalized spacial score (nSPS) is 15.1. The predicted molar refractivity (Wildman–Crippen MR) is 43.4 cm³/mol. The van der Waals surface area contributed by atoms with Crippen molar-refractivity contribution in [1.82, 2.24) is 0 Å². The fraction of sp³-hybridized carbons (Fsp3) is 0.778. The van der Waals surface area contributed by atoms with Crippen LogP contribution in [0.2, 0.25) is 0 Å². The summed E-state index contributed by atoms with van der Waals surface area (Å²) in [6.07, 6.45) is 3.28. The number of hydrogen-bond acceptors (Lipinski definition) is 0. The van der Waals surface area contributed by atoms with Gasteiger partial charge in [-0.1, -0.05) is 40.2 Å². The minimum absolute atomic E-state index is 0.314. The molecule has 0 spiro atoms. The van der Waals surface area contributed by atoms with Crippen LogP contribution in [0.3, 0.4) is 0 Å². The highest BCUT2D eigenvalue weighted by Crippen LogP contribution is 2.29. The van der Waals surface area contributed by atoms with Crippen LogP contribution in [0.25, 0.3) is 0 Å². The Hall–Kier alpha value is -0.260. The Morgan fingerprint density at radius 3 is 2.11 bits per heavy atom. The first-order valence-electron chi connectivity index (χ1n) is 3.68. The SMILES string of the molecule is C=CC(C)(C)C(C)CC. The van der Waals surface area contributed by atoms with Crippen LogP contribution in [-0.2, 0) is 0 Å². The van der Waals surface area contributed by atoms with Gasteiger partial charge in [0, 0.05) is 0 Å². The summed E-state index contributed by atoms with van der Waals surface area (Å²) >= 11 is 0. The van der Waals surface area contributed by atoms with Gasteiger partial charge in [-0.05, 0) is 11.3 Å². The lowest BCUT2D eigenvalue weighted by Gasteiger charge is -2.26. The summed E-state index contributed by atoms with van der Waals surface area (Å²) in [6.45, 7) is 12.7. The quantitative estimate of drug-likeness (QED) is 0.509. The lowest BCUT2D eigenvalue weighted by atomic mass is 9.79. The second-order valence-corrected chi connectivity index (χ2v) is 3.33. The van der Waals surface area contributed by atoms with Gasteiger partial charge >= 0.3 is 0 Å². The molecule has 54 valence electrons. The summed E-state index contributed by atoms with van der Waals surface area (Å²) in [4.78, 5) is 0. The molecule has 0 bridgehead atoms. The maximum absolute atomic E-state index is 3.80. The molecule has 0 rings (SSSR count). The summed E-state index contributed by atoms with van der Waals surface area (Å²) in [5.74, 6) is 0.745. The van der Waals surface area contributed by atoms with E-state index in [-0.39, 0.29) is 0 Å². The maximum atomic E-state index is 3.80. The predicted octanol–water partition coefficient (Wildman–Crippen LogP) is 3.24. The van der Waals surface area contributed by atoms with Gasteiger partial charge in [0.1, 0.15) is 0 Å². The molecule has 0 aliphatic heterocycles. The van der Waals surface area contributed by atoms with Crippen LogP contribution in [0, 0.1) is 11.3 Å². The average molecular weight is 126 g/mol. The highest BCUT2D eigenvalue weighted by molar-refractivity contribution is 4.90. The van der Waals surface area contributed by atoms with E-state index in [1.807, 2.05) is 6.08 Å². The molecule has 0 aromatic heterocycles. The molecule has 0 saturated carbocycles. The molecule has 0 N–H and O–H groups in total. The Kier molecular flexibility index (Phi) is 2.96. The zero-order valence-electron chi connectivity index (χ0n) is 7.07. The average Bonchev–Trinajstić information content (AvgIpc) is 1.86. The van der Waals surface area contributed by atoms with Gasteiger partial charge in [-0.2, -0.15) is 0 Å². The first kappa shape index (κ1) is 8.74. The Morgan fingerprint density at radius 1 is 1.56 bits per heavy atom. The first-order chi connectivity index (χ1) is 4.04. The Balaban J connectivity index is 3.95. The van der Waals surface area contributed by atoms with Crippen molar-refractivity contribution in [2.45, 2.75) is 34.1 Å². The summed E-state index contributed by atoms with van der Waals surface area (Å²) in [5, 5.41) is 0. The van der Waals surface area contributed by atoms with Crippen LogP contribution >= 0.6 is 0 Å². The summed E-state index contributed by atoms with van der Waals surface area (Å²) in [5.41, 5.74) is 0.314. The molecule has 0 aliphatic carbocycles. The molecular weight excluding hydrogens is 108 g/mol. The van der Waals surface area contributed by atoms with E-state index in [1.54, 1.807) is 0 Å². The molecule has 0 fully saturated rings. The third-order valence-corrected chi connectivity index (χ3v) is 2.41. The largest absolute Gasteiger partial charge is 0.103 e. The third-order valence-electron chi connectivity index (χ3n) is 2.41. The zero-order chi connectivity index (χ0) is 7.49. The van der Waals surface area contributed by atoms with Crippen molar-refractivity contribution in [3.05, 3.63) is 12.7 Å². The van der Waals surface area contributed by atoms with Crippen molar-refractivity contribution in [2.75, 3.05) is 0 Å². The van der Waals surface area contributed by atoms with Crippen molar-refractivity contribution in [3.63, 3.8) is 0 Å². The van der Waals surface area contributed by atoms with Gasteiger partial charge in [0.25, 0.3) is 0 Å². The van der Waals surface area contributed by atoms with Crippen LogP contribution in [0.5, 0.6) is 0 Å². The van der Waals surface area contributed by atoms with Crippen LogP contribution in [0.15, 0.2) is 12.7 Å². The summed E-state index contributed by atoms with van der Waals surface area (Å²) in [7, 11) is 0. The lowest BCUT2D eigenvalue weighted by Crippen LogP contribution is -2.17. The molecular formula is C9H18. The second-order valence-electron chi connectivity index (χ2n) is 3.33. The fourth-order valence-corrected chi connectivity index (χ4v) is 0.727. The van der Waals surface area contributed by atoms with Crippen LogP contribution < -0.4 is 0 Å². The highest BCUT2D eigenvalue weighted by Gasteiger charge is 2.19. The molecule has 0 radical (unpaired) electrons. The van der Waals surface area contributed by atoms with Crippen molar-refractivity contribution >= 4 is 0 Å². The molecule has 0 heteroatoms. The van der Waals surface area contributed by atoms with E-state index >= 15 is 0 Å². The summed E-state index contributed by atoms with van der Waals surface area (Å²) in [6, 6.07) is 0. The number of allylic oxidation sites excluding steroid dienone is 1. The molecule has 9 heavy (non-hydrogen) atoms. The first-order valence-corrected chi connectivity index (χ1v) is 3.68. The number of hydrogen-bond donors (Lipinski definition) is 0. The molecule has 0 aromatic rings. The van der Waals surface area contributed by atoms with Crippen LogP contribution in [-0.4, -0.2) is 0 Å². The molecule has 0 saturated heterocycles. The van der Waals surface area contributed by atoms with Gasteiger partial charge in [0.05, 0.1) is 0 Å². The van der Waals surface area contributed by atoms with Gasteiger partial charge in [-0.25, -0.2) is 0 Å². The van der Waals surface area contributed by atoms with E-state index in [0.717, 1.165) is 5.92 Å². The van der Waals surface area contributed by atoms with Gasteiger partial charge in [0.15, 0.2) is 0 Å². The van der Waals surface area contributed by atoms with E-state index in [9.17, 15) is 0 Å². The number of rotatable bonds is 3. The van der Waals surface area contributed by atoms with E-state index in [2.05, 4.69) is 34.3 Å². The topological polar surface area (TPSA) is 0 Å². The van der Waals surface area contributed by atoms with E-state index in [4.69, 9.17) is 0 Å². The Labute approximate surface area is 59.0 Å². The minimum Gasteiger partial charge on any atom is -0.103 e. The molecule has 1 atom stereocenters. The summed E-state index contributed by atoms with van der Waals surface area (Å²) < 4.78 is 0. The highest BCUT2D eigenvalue weighted by atomic mass is 14.2. The Bertz CT molecular complexity index is 90.2. The second kappa shape index (κ2) is 3.05. The van der Waals surface area contributed by atoms with E-state index in [0.29, 0.717) is 5.41 Å². The zero-order valence-corrected chi connectivity index (χ0v) is 7.07. The van der Waals surface area contributed by atoms with E-state index in [1.165, 1.54) is 6.42 Å². The van der Waals surface area contributed by atoms with Crippen LogP contribution in [0.1, 0.15) is 34.1 Å². The molecule has 0 nitrogen and oxygen atoms in total. The lowest BCUT2D eigenvalue weighted by molar-refractivity contribution is 0.299. The van der Waals surface area contributed by atoms with E-state index < -0.39 is 0 Å². The smallest absolute Gasteiger partial charge is 0.0152 e. The third kappa shape index (κ3) is 2.21. The maximum Gasteiger partial charge on any atom is -0.0152 e. The Morgan fingerprint density at radius 2 is 2.00 bits per heavy atom. The van der Waals surface area contributed by atoms with Gasteiger partial charge in [-0.3, -0.25) is 0 Å². The standard InChI is InChI=1S/C9H18/c1-6-8(3)9(4,5)7-2/h7-8H,2,6H2,1,3-5H3. The van der Waals surface area contributed by atoms with Crippen molar-refractivity contribution < 1.29 is 0 Å². The van der Waals surface area contributed by atoms with Gasteiger partial charge in [0.2, 0.25) is 0 Å². The molecule has 1 unspecified atom stereocenters. The van der Waals surface area contributed by atoms with Crippen molar-refractivity contribution in [2.24, 2.45) is 11.3 Å². The molecule has 0 heterocycles. The fourth-order valence-electron chi connectivity index (χ4n) is 0.727. The van der Waals surface area contributed by atoms with Gasteiger partial charge in [-0.15, -0.1) is 6.58 Å². The monoisotopic (exact) mass is 126 g/mol. The minimum atomic E-state index is 0.314. The molecule has 0 aliphatic rings. The van der Waals surface area contributed by atoms with Crippen LogP contribution in [0.4, 0.5) is 0 Å². The van der Waals surface area contributed by atoms with Crippen molar-refractivity contribution in [1.29, 1.82) is 0 Å². The van der Waals surface area contributed by atoms with Crippen molar-refractivity contribution in [3.8, 4) is 0 Å². The molecule has 0 aromatic carbocycles.